The molecule has 1 fully saturated rings. The van der Waals surface area contributed by atoms with Gasteiger partial charge >= 0.3 is 5.97 Å². The van der Waals surface area contributed by atoms with E-state index in [9.17, 15) is 4.79 Å². The second kappa shape index (κ2) is 5.68. The highest BCUT2D eigenvalue weighted by atomic mass is 16.5. The average Bonchev–Trinajstić information content (AvgIpc) is 3.13. The predicted molar refractivity (Wildman–Crippen MR) is 64.5 cm³/mol. The van der Waals surface area contributed by atoms with Crippen molar-refractivity contribution in [3.05, 3.63) is 29.8 Å². The van der Waals surface area contributed by atoms with Gasteiger partial charge in [-0.3, -0.25) is 0 Å². The first kappa shape index (κ1) is 11.9. The topological polar surface area (TPSA) is 58.6 Å². The molecule has 0 aromatic heterocycles. The Labute approximate surface area is 101 Å². The summed E-state index contributed by atoms with van der Waals surface area (Å²) in [6.45, 7) is 2.30. The van der Waals surface area contributed by atoms with Crippen molar-refractivity contribution >= 4 is 5.97 Å². The largest absolute Gasteiger partial charge is 0.491 e. The van der Waals surface area contributed by atoms with Crippen molar-refractivity contribution < 1.29 is 14.6 Å². The molecule has 0 radical (unpaired) electrons. The fraction of sp³-hybridized carbons (Fsp3) is 0.462. The third-order valence-electron chi connectivity index (χ3n) is 2.78. The fourth-order valence-electron chi connectivity index (χ4n) is 1.63. The molecule has 1 aliphatic rings. The van der Waals surface area contributed by atoms with Crippen LogP contribution in [-0.4, -0.2) is 30.8 Å². The molecule has 4 nitrogen and oxygen atoms in total. The molecule has 0 bridgehead atoms. The molecule has 0 amide bonds. The van der Waals surface area contributed by atoms with Crippen molar-refractivity contribution in [3.8, 4) is 5.75 Å². The van der Waals surface area contributed by atoms with Crippen molar-refractivity contribution in [2.75, 3.05) is 19.7 Å². The first-order valence-corrected chi connectivity index (χ1v) is 5.93. The number of carboxylic acids is 1. The molecule has 0 spiro atoms. The van der Waals surface area contributed by atoms with Crippen LogP contribution < -0.4 is 10.1 Å². The number of nitrogens with one attached hydrogen (secondary N) is 1. The number of carboxylic acid groups (broad SMARTS) is 1. The van der Waals surface area contributed by atoms with Crippen LogP contribution in [0.15, 0.2) is 24.3 Å². The Morgan fingerprint density at radius 1 is 1.41 bits per heavy atom. The number of ether oxygens (including phenoxy) is 1. The highest BCUT2D eigenvalue weighted by Gasteiger charge is 2.20. The van der Waals surface area contributed by atoms with Crippen LogP contribution in [0.2, 0.25) is 0 Å². The summed E-state index contributed by atoms with van der Waals surface area (Å²) in [5.74, 6) is 0.334. The van der Waals surface area contributed by atoms with Gasteiger partial charge in [0.2, 0.25) is 0 Å². The predicted octanol–water partition coefficient (Wildman–Crippen LogP) is 1.76. The first-order valence-electron chi connectivity index (χ1n) is 5.93. The zero-order chi connectivity index (χ0) is 12.1. The number of rotatable bonds is 7. The lowest BCUT2D eigenvalue weighted by Crippen LogP contribution is -2.23. The van der Waals surface area contributed by atoms with Crippen LogP contribution in [0, 0.1) is 5.92 Å². The molecule has 2 rings (SSSR count). The van der Waals surface area contributed by atoms with Crippen molar-refractivity contribution in [1.29, 1.82) is 0 Å². The molecule has 17 heavy (non-hydrogen) atoms. The Morgan fingerprint density at radius 3 is 2.88 bits per heavy atom. The Kier molecular flexibility index (Phi) is 3.98. The molecule has 1 aromatic carbocycles. The molecule has 0 unspecified atom stereocenters. The van der Waals surface area contributed by atoms with Crippen LogP contribution in [0.25, 0.3) is 0 Å². The monoisotopic (exact) mass is 235 g/mol. The average molecular weight is 235 g/mol. The van der Waals surface area contributed by atoms with E-state index in [-0.39, 0.29) is 5.56 Å². The van der Waals surface area contributed by atoms with Crippen LogP contribution >= 0.6 is 0 Å². The number of hydrogen-bond acceptors (Lipinski definition) is 3. The van der Waals surface area contributed by atoms with Gasteiger partial charge in [0, 0.05) is 6.54 Å². The second-order valence-electron chi connectivity index (χ2n) is 4.30. The van der Waals surface area contributed by atoms with E-state index in [1.54, 1.807) is 24.3 Å². The minimum atomic E-state index is -0.952. The standard InChI is InChI=1S/C13H17NO3/c15-13(16)11-3-1-2-4-12(11)17-8-7-14-9-10-5-6-10/h1-4,10,14H,5-9H2,(H,15,16). The van der Waals surface area contributed by atoms with E-state index < -0.39 is 5.97 Å². The Balaban J connectivity index is 1.75. The van der Waals surface area contributed by atoms with Crippen LogP contribution in [0.1, 0.15) is 23.2 Å². The van der Waals surface area contributed by atoms with E-state index in [1.807, 2.05) is 0 Å². The van der Waals surface area contributed by atoms with E-state index in [0.29, 0.717) is 12.4 Å². The highest BCUT2D eigenvalue weighted by Crippen LogP contribution is 2.27. The maximum absolute atomic E-state index is 10.9. The second-order valence-corrected chi connectivity index (χ2v) is 4.30. The molecule has 0 heterocycles. The number of benzene rings is 1. The lowest BCUT2D eigenvalue weighted by molar-refractivity contribution is 0.0692. The third kappa shape index (κ3) is 3.75. The van der Waals surface area contributed by atoms with E-state index in [1.165, 1.54) is 12.8 Å². The van der Waals surface area contributed by atoms with Crippen LogP contribution in [0.5, 0.6) is 5.75 Å². The number of aromatic carboxylic acids is 1. The van der Waals surface area contributed by atoms with Gasteiger partial charge in [0.05, 0.1) is 0 Å². The maximum Gasteiger partial charge on any atom is 0.339 e. The Bertz CT molecular complexity index is 388. The zero-order valence-corrected chi connectivity index (χ0v) is 9.69. The quantitative estimate of drug-likeness (QED) is 0.707. The van der Waals surface area contributed by atoms with Crippen molar-refractivity contribution in [2.24, 2.45) is 5.92 Å². The van der Waals surface area contributed by atoms with E-state index in [0.717, 1.165) is 19.0 Å². The lowest BCUT2D eigenvalue weighted by atomic mass is 10.2. The fourth-order valence-corrected chi connectivity index (χ4v) is 1.63. The van der Waals surface area contributed by atoms with Gasteiger partial charge in [0.1, 0.15) is 17.9 Å². The van der Waals surface area contributed by atoms with E-state index >= 15 is 0 Å². The van der Waals surface area contributed by atoms with Crippen molar-refractivity contribution in [2.45, 2.75) is 12.8 Å². The summed E-state index contributed by atoms with van der Waals surface area (Å²) in [7, 11) is 0. The summed E-state index contributed by atoms with van der Waals surface area (Å²) in [6.07, 6.45) is 2.66. The minimum absolute atomic E-state index is 0.217. The van der Waals surface area contributed by atoms with Gasteiger partial charge in [0.25, 0.3) is 0 Å². The van der Waals surface area contributed by atoms with Gasteiger partial charge in [-0.2, -0.15) is 0 Å². The Hall–Kier alpha value is -1.55. The molecular weight excluding hydrogens is 218 g/mol. The van der Waals surface area contributed by atoms with Crippen molar-refractivity contribution in [1.82, 2.24) is 5.32 Å². The van der Waals surface area contributed by atoms with Crippen molar-refractivity contribution in [3.63, 3.8) is 0 Å². The van der Waals surface area contributed by atoms with Crippen LogP contribution in [0.4, 0.5) is 0 Å². The normalized spacial score (nSPS) is 14.6. The number of para-hydroxylation sites is 1. The smallest absolute Gasteiger partial charge is 0.339 e. The van der Waals surface area contributed by atoms with E-state index in [2.05, 4.69) is 5.32 Å². The van der Waals surface area contributed by atoms with Crippen LogP contribution in [-0.2, 0) is 0 Å². The zero-order valence-electron chi connectivity index (χ0n) is 9.69. The van der Waals surface area contributed by atoms with Gasteiger partial charge < -0.3 is 15.2 Å². The summed E-state index contributed by atoms with van der Waals surface area (Å²) in [5.41, 5.74) is 0.217. The SMILES string of the molecule is O=C(O)c1ccccc1OCCNCC1CC1. The molecule has 0 aliphatic heterocycles. The molecular formula is C13H17NO3. The molecule has 1 saturated carbocycles. The lowest BCUT2D eigenvalue weighted by Gasteiger charge is -2.09. The summed E-state index contributed by atoms with van der Waals surface area (Å²) in [5, 5.41) is 12.2. The summed E-state index contributed by atoms with van der Waals surface area (Å²) in [4.78, 5) is 10.9. The number of hydrogen-bond donors (Lipinski definition) is 2. The van der Waals surface area contributed by atoms with Crippen LogP contribution in [0.3, 0.4) is 0 Å². The molecule has 1 aromatic rings. The van der Waals surface area contributed by atoms with Gasteiger partial charge in [-0.05, 0) is 37.4 Å². The van der Waals surface area contributed by atoms with Gasteiger partial charge in [-0.25, -0.2) is 4.79 Å². The maximum atomic E-state index is 10.9. The first-order chi connectivity index (χ1) is 8.27. The molecule has 0 saturated heterocycles. The molecule has 4 heteroatoms. The Morgan fingerprint density at radius 2 is 2.18 bits per heavy atom. The van der Waals surface area contributed by atoms with Gasteiger partial charge in [-0.1, -0.05) is 12.1 Å². The highest BCUT2D eigenvalue weighted by molar-refractivity contribution is 5.90. The van der Waals surface area contributed by atoms with Gasteiger partial charge in [0.15, 0.2) is 0 Å². The molecule has 1 aliphatic carbocycles. The third-order valence-corrected chi connectivity index (χ3v) is 2.78. The molecule has 2 N–H and O–H groups in total. The molecule has 92 valence electrons. The minimum Gasteiger partial charge on any atom is -0.491 e. The molecule has 0 atom stereocenters. The summed E-state index contributed by atoms with van der Waals surface area (Å²) < 4.78 is 5.46. The number of carbonyl (C=O) groups is 1. The van der Waals surface area contributed by atoms with E-state index in [4.69, 9.17) is 9.84 Å². The van der Waals surface area contributed by atoms with Gasteiger partial charge in [-0.15, -0.1) is 0 Å². The summed E-state index contributed by atoms with van der Waals surface area (Å²) in [6, 6.07) is 6.71. The summed E-state index contributed by atoms with van der Waals surface area (Å²) >= 11 is 0.